The fourth-order valence-corrected chi connectivity index (χ4v) is 3.14. The van der Waals surface area contributed by atoms with Gasteiger partial charge < -0.3 is 15.2 Å². The molecule has 1 atom stereocenters. The lowest BCUT2D eigenvalue weighted by Gasteiger charge is -2.20. The molecule has 3 aromatic rings. The SMILES string of the molecule is CCC(=O)NC[C@H](c1ccc(N(C)C)cc1)c1c[nH]c2ccccc12. The van der Waals surface area contributed by atoms with E-state index < -0.39 is 0 Å². The minimum atomic E-state index is 0.0785. The van der Waals surface area contributed by atoms with Crippen molar-refractivity contribution >= 4 is 22.5 Å². The zero-order chi connectivity index (χ0) is 17.8. The van der Waals surface area contributed by atoms with Crippen molar-refractivity contribution < 1.29 is 4.79 Å². The summed E-state index contributed by atoms with van der Waals surface area (Å²) < 4.78 is 0. The van der Waals surface area contributed by atoms with Crippen LogP contribution in [0.5, 0.6) is 0 Å². The predicted octanol–water partition coefficient (Wildman–Crippen LogP) is 3.89. The van der Waals surface area contributed by atoms with Crippen LogP contribution in [-0.4, -0.2) is 31.5 Å². The molecule has 0 radical (unpaired) electrons. The molecule has 2 N–H and O–H groups in total. The molecule has 0 bridgehead atoms. The molecule has 1 aromatic heterocycles. The van der Waals surface area contributed by atoms with Crippen molar-refractivity contribution in [1.82, 2.24) is 10.3 Å². The van der Waals surface area contributed by atoms with Crippen molar-refractivity contribution in [3.05, 3.63) is 65.9 Å². The number of benzene rings is 2. The van der Waals surface area contributed by atoms with Crippen LogP contribution in [0.3, 0.4) is 0 Å². The second-order valence-electron chi connectivity index (χ2n) is 6.49. The van der Waals surface area contributed by atoms with Gasteiger partial charge in [-0.25, -0.2) is 0 Å². The minimum Gasteiger partial charge on any atom is -0.378 e. The van der Waals surface area contributed by atoms with E-state index in [1.54, 1.807) is 0 Å². The van der Waals surface area contributed by atoms with Gasteiger partial charge >= 0.3 is 0 Å². The maximum Gasteiger partial charge on any atom is 0.219 e. The summed E-state index contributed by atoms with van der Waals surface area (Å²) in [5, 5.41) is 4.26. The zero-order valence-electron chi connectivity index (χ0n) is 15.0. The first-order valence-corrected chi connectivity index (χ1v) is 8.70. The molecule has 2 aromatic carbocycles. The highest BCUT2D eigenvalue weighted by molar-refractivity contribution is 5.84. The van der Waals surface area contributed by atoms with E-state index >= 15 is 0 Å². The number of aromatic nitrogens is 1. The van der Waals surface area contributed by atoms with E-state index in [0.717, 1.165) is 5.52 Å². The number of aromatic amines is 1. The molecular formula is C21H25N3O. The van der Waals surface area contributed by atoms with Gasteiger partial charge in [-0.15, -0.1) is 0 Å². The van der Waals surface area contributed by atoms with Gasteiger partial charge in [-0.05, 0) is 29.3 Å². The van der Waals surface area contributed by atoms with Gasteiger partial charge in [0.2, 0.25) is 5.91 Å². The largest absolute Gasteiger partial charge is 0.378 e. The van der Waals surface area contributed by atoms with Gasteiger partial charge in [-0.2, -0.15) is 0 Å². The minimum absolute atomic E-state index is 0.0785. The van der Waals surface area contributed by atoms with Gasteiger partial charge in [0, 0.05) is 55.8 Å². The number of nitrogens with zero attached hydrogens (tertiary/aromatic N) is 1. The molecule has 0 saturated heterocycles. The lowest BCUT2D eigenvalue weighted by molar-refractivity contribution is -0.120. The molecule has 0 aliphatic carbocycles. The average Bonchev–Trinajstić information content (AvgIpc) is 3.06. The Balaban J connectivity index is 1.98. The van der Waals surface area contributed by atoms with Crippen LogP contribution in [0.2, 0.25) is 0 Å². The van der Waals surface area contributed by atoms with Crippen molar-refractivity contribution in [2.45, 2.75) is 19.3 Å². The molecule has 130 valence electrons. The molecule has 4 nitrogen and oxygen atoms in total. The topological polar surface area (TPSA) is 48.1 Å². The second kappa shape index (κ2) is 7.43. The van der Waals surface area contributed by atoms with Crippen molar-refractivity contribution in [2.75, 3.05) is 25.5 Å². The van der Waals surface area contributed by atoms with Crippen molar-refractivity contribution in [2.24, 2.45) is 0 Å². The normalized spacial score (nSPS) is 12.1. The zero-order valence-corrected chi connectivity index (χ0v) is 15.0. The molecule has 0 aliphatic rings. The summed E-state index contributed by atoms with van der Waals surface area (Å²) in [5.41, 5.74) is 4.70. The summed E-state index contributed by atoms with van der Waals surface area (Å²) in [6.07, 6.45) is 2.56. The van der Waals surface area contributed by atoms with Gasteiger partial charge in [0.05, 0.1) is 0 Å². The average molecular weight is 335 g/mol. The fraction of sp³-hybridized carbons (Fsp3) is 0.286. The Morgan fingerprint density at radius 1 is 1.12 bits per heavy atom. The number of anilines is 1. The number of fused-ring (bicyclic) bond motifs is 1. The van der Waals surface area contributed by atoms with Crippen LogP contribution in [-0.2, 0) is 4.79 Å². The van der Waals surface area contributed by atoms with Crippen molar-refractivity contribution in [3.8, 4) is 0 Å². The number of nitrogens with one attached hydrogen (secondary N) is 2. The predicted molar refractivity (Wildman–Crippen MR) is 104 cm³/mol. The van der Waals surface area contributed by atoms with Gasteiger partial charge in [0.15, 0.2) is 0 Å². The monoisotopic (exact) mass is 335 g/mol. The quantitative estimate of drug-likeness (QED) is 0.718. The first kappa shape index (κ1) is 17.1. The molecule has 0 saturated carbocycles. The number of rotatable bonds is 6. The lowest BCUT2D eigenvalue weighted by Crippen LogP contribution is -2.28. The maximum absolute atomic E-state index is 11.8. The van der Waals surface area contributed by atoms with Gasteiger partial charge in [-0.3, -0.25) is 4.79 Å². The van der Waals surface area contributed by atoms with Crippen molar-refractivity contribution in [1.29, 1.82) is 0 Å². The standard InChI is InChI=1S/C21H25N3O/c1-4-21(25)23-13-18(15-9-11-16(12-10-15)24(2)3)19-14-22-20-8-6-5-7-17(19)20/h5-12,14,18,22H,4,13H2,1-3H3,(H,23,25)/t18-/m1/s1. The number of hydrogen-bond acceptors (Lipinski definition) is 2. The Kier molecular flexibility index (Phi) is 5.08. The first-order chi connectivity index (χ1) is 12.1. The molecule has 0 aliphatic heterocycles. The molecule has 4 heteroatoms. The number of amides is 1. The van der Waals surface area contributed by atoms with Crippen molar-refractivity contribution in [3.63, 3.8) is 0 Å². The number of para-hydroxylation sites is 1. The molecule has 3 rings (SSSR count). The molecule has 25 heavy (non-hydrogen) atoms. The van der Waals surface area contributed by atoms with E-state index in [1.807, 2.05) is 27.1 Å². The van der Waals surface area contributed by atoms with Gasteiger partial charge in [-0.1, -0.05) is 37.3 Å². The number of hydrogen-bond donors (Lipinski definition) is 2. The Morgan fingerprint density at radius 2 is 1.84 bits per heavy atom. The van der Waals surface area contributed by atoms with Crippen LogP contribution >= 0.6 is 0 Å². The van der Waals surface area contributed by atoms with Crippen LogP contribution < -0.4 is 10.2 Å². The number of carbonyl (C=O) groups is 1. The molecule has 1 heterocycles. The summed E-state index contributed by atoms with van der Waals surface area (Å²) in [7, 11) is 4.07. The number of H-pyrrole nitrogens is 1. The Bertz CT molecular complexity index is 849. The molecule has 0 spiro atoms. The molecular weight excluding hydrogens is 310 g/mol. The van der Waals surface area contributed by atoms with E-state index in [-0.39, 0.29) is 11.8 Å². The van der Waals surface area contributed by atoms with Crippen LogP contribution in [0.1, 0.15) is 30.4 Å². The lowest BCUT2D eigenvalue weighted by atomic mass is 9.90. The van der Waals surface area contributed by atoms with E-state index in [4.69, 9.17) is 0 Å². The van der Waals surface area contributed by atoms with Crippen LogP contribution in [0.25, 0.3) is 10.9 Å². The summed E-state index contributed by atoms with van der Waals surface area (Å²) in [6, 6.07) is 16.8. The molecule has 0 fully saturated rings. The number of carbonyl (C=O) groups excluding carboxylic acids is 1. The molecule has 1 amide bonds. The van der Waals surface area contributed by atoms with Crippen LogP contribution in [0.15, 0.2) is 54.7 Å². The Labute approximate surface area is 148 Å². The third-order valence-electron chi connectivity index (χ3n) is 4.63. The molecule has 0 unspecified atom stereocenters. The fourth-order valence-electron chi connectivity index (χ4n) is 3.14. The smallest absolute Gasteiger partial charge is 0.219 e. The third-order valence-corrected chi connectivity index (χ3v) is 4.63. The van der Waals surface area contributed by atoms with E-state index in [0.29, 0.717) is 13.0 Å². The highest BCUT2D eigenvalue weighted by Gasteiger charge is 2.19. The van der Waals surface area contributed by atoms with E-state index in [1.165, 1.54) is 22.2 Å². The summed E-state index contributed by atoms with van der Waals surface area (Å²) in [6.45, 7) is 2.47. The highest BCUT2D eigenvalue weighted by Crippen LogP contribution is 2.31. The van der Waals surface area contributed by atoms with Crippen LogP contribution in [0.4, 0.5) is 5.69 Å². The summed E-state index contributed by atoms with van der Waals surface area (Å²) in [4.78, 5) is 17.2. The summed E-state index contributed by atoms with van der Waals surface area (Å²) >= 11 is 0. The maximum atomic E-state index is 11.8. The van der Waals surface area contributed by atoms with E-state index in [9.17, 15) is 4.79 Å². The Morgan fingerprint density at radius 3 is 2.52 bits per heavy atom. The Hall–Kier alpha value is -2.75. The van der Waals surface area contributed by atoms with E-state index in [2.05, 4.69) is 63.9 Å². The van der Waals surface area contributed by atoms with Crippen LogP contribution in [0, 0.1) is 0 Å². The second-order valence-corrected chi connectivity index (χ2v) is 6.49. The third kappa shape index (κ3) is 3.68. The highest BCUT2D eigenvalue weighted by atomic mass is 16.1. The van der Waals surface area contributed by atoms with Gasteiger partial charge in [0.25, 0.3) is 0 Å². The summed E-state index contributed by atoms with van der Waals surface area (Å²) in [5.74, 6) is 0.192. The van der Waals surface area contributed by atoms with Gasteiger partial charge in [0.1, 0.15) is 0 Å². The first-order valence-electron chi connectivity index (χ1n) is 8.70.